The van der Waals surface area contributed by atoms with E-state index in [1.165, 1.54) is 0 Å². The monoisotopic (exact) mass is 248 g/mol. The van der Waals surface area contributed by atoms with Crippen molar-refractivity contribution in [3.63, 3.8) is 0 Å². The highest BCUT2D eigenvalue weighted by molar-refractivity contribution is 9.08. The minimum atomic E-state index is -0.546. The lowest BCUT2D eigenvalue weighted by Gasteiger charge is -2.06. The topological polar surface area (TPSA) is 47.6 Å². The van der Waals surface area contributed by atoms with Gasteiger partial charge in [-0.25, -0.2) is 0 Å². The van der Waals surface area contributed by atoms with Crippen LogP contribution in [0.5, 0.6) is 0 Å². The highest BCUT2D eigenvalue weighted by Gasteiger charge is 2.09. The Labute approximate surface area is 91.9 Å². The molecule has 0 saturated carbocycles. The van der Waals surface area contributed by atoms with Gasteiger partial charge in [-0.3, -0.25) is 0 Å². The number of hydrogen-bond acceptors (Lipinski definition) is 2. The molecule has 0 unspecified atom stereocenters. The van der Waals surface area contributed by atoms with E-state index in [1.807, 2.05) is 36.4 Å². The number of halogens is 1. The van der Waals surface area contributed by atoms with Crippen molar-refractivity contribution in [2.45, 2.75) is 11.8 Å². The van der Waals surface area contributed by atoms with Gasteiger partial charge < -0.3 is 0 Å². The van der Waals surface area contributed by atoms with Gasteiger partial charge in [0.1, 0.15) is 5.92 Å². The molecule has 1 aromatic rings. The summed E-state index contributed by atoms with van der Waals surface area (Å²) in [5.41, 5.74) is 2.21. The first-order valence-corrected chi connectivity index (χ1v) is 5.36. The molecule has 0 aliphatic rings. The maximum atomic E-state index is 8.67. The van der Waals surface area contributed by atoms with Crippen LogP contribution in [0.4, 0.5) is 0 Å². The van der Waals surface area contributed by atoms with Crippen LogP contribution >= 0.6 is 15.9 Å². The zero-order chi connectivity index (χ0) is 10.4. The lowest BCUT2D eigenvalue weighted by Crippen LogP contribution is -2.01. The molecule has 0 radical (unpaired) electrons. The smallest absolute Gasteiger partial charge is 0.137 e. The fourth-order valence-corrected chi connectivity index (χ4v) is 1.77. The summed E-state index contributed by atoms with van der Waals surface area (Å²) in [5, 5.41) is 18.1. The summed E-state index contributed by atoms with van der Waals surface area (Å²) in [6.07, 6.45) is 0.509. The molecule has 1 rings (SSSR count). The Kier molecular flexibility index (Phi) is 4.16. The van der Waals surface area contributed by atoms with Crippen LogP contribution in [0, 0.1) is 28.6 Å². The normalized spacial score (nSPS) is 9.43. The lowest BCUT2D eigenvalue weighted by molar-refractivity contribution is 0.827. The fourth-order valence-electron chi connectivity index (χ4n) is 1.23. The fraction of sp³-hybridized carbons (Fsp3) is 0.273. The van der Waals surface area contributed by atoms with Crippen LogP contribution in [-0.4, -0.2) is 0 Å². The minimum absolute atomic E-state index is 0.509. The van der Waals surface area contributed by atoms with E-state index in [4.69, 9.17) is 10.5 Å². The van der Waals surface area contributed by atoms with Gasteiger partial charge in [-0.1, -0.05) is 40.2 Å². The van der Waals surface area contributed by atoms with E-state index in [1.54, 1.807) is 0 Å². The van der Waals surface area contributed by atoms with Gasteiger partial charge in [0.25, 0.3) is 0 Å². The minimum Gasteiger partial charge on any atom is -0.197 e. The molecule has 0 aromatic heterocycles. The van der Waals surface area contributed by atoms with Crippen molar-refractivity contribution in [1.82, 2.24) is 0 Å². The van der Waals surface area contributed by atoms with Crippen molar-refractivity contribution in [2.24, 2.45) is 5.92 Å². The first-order valence-electron chi connectivity index (χ1n) is 4.23. The highest BCUT2D eigenvalue weighted by Crippen LogP contribution is 2.16. The van der Waals surface area contributed by atoms with Crippen molar-refractivity contribution in [3.05, 3.63) is 35.4 Å². The van der Waals surface area contributed by atoms with Crippen LogP contribution < -0.4 is 0 Å². The van der Waals surface area contributed by atoms with Gasteiger partial charge >= 0.3 is 0 Å². The predicted octanol–water partition coefficient (Wildman–Crippen LogP) is 2.79. The van der Waals surface area contributed by atoms with E-state index in [0.717, 1.165) is 16.5 Å². The number of hydrogen-bond donors (Lipinski definition) is 0. The van der Waals surface area contributed by atoms with E-state index in [0.29, 0.717) is 6.42 Å². The molecular formula is C11H9BrN2. The summed E-state index contributed by atoms with van der Waals surface area (Å²) in [6.45, 7) is 0. The van der Waals surface area contributed by atoms with Gasteiger partial charge in [-0.05, 0) is 11.1 Å². The summed E-state index contributed by atoms with van der Waals surface area (Å²) in [4.78, 5) is 0. The summed E-state index contributed by atoms with van der Waals surface area (Å²) in [7, 11) is 0. The van der Waals surface area contributed by atoms with Crippen molar-refractivity contribution in [1.29, 1.82) is 10.5 Å². The molecule has 0 spiro atoms. The van der Waals surface area contributed by atoms with Crippen LogP contribution in [0.15, 0.2) is 24.3 Å². The van der Waals surface area contributed by atoms with Gasteiger partial charge in [-0.2, -0.15) is 10.5 Å². The Bertz CT molecular complexity index is 373. The number of nitriles is 2. The zero-order valence-corrected chi connectivity index (χ0v) is 9.16. The Balaban J connectivity index is 2.87. The number of rotatable bonds is 3. The molecule has 0 aliphatic heterocycles. The highest BCUT2D eigenvalue weighted by atomic mass is 79.9. The molecule has 0 saturated heterocycles. The standard InChI is InChI=1S/C11H9BrN2/c12-6-11-4-2-1-3-10(11)5-9(7-13)8-14/h1-4,9H,5-6H2. The first-order chi connectivity index (χ1) is 6.81. The molecule has 70 valence electrons. The Morgan fingerprint density at radius 2 is 1.71 bits per heavy atom. The molecule has 2 nitrogen and oxygen atoms in total. The summed E-state index contributed by atoms with van der Waals surface area (Å²) >= 11 is 3.38. The van der Waals surface area contributed by atoms with Gasteiger partial charge in [0.15, 0.2) is 0 Å². The Morgan fingerprint density at radius 1 is 1.14 bits per heavy atom. The largest absolute Gasteiger partial charge is 0.197 e. The molecule has 0 aliphatic carbocycles. The lowest BCUT2D eigenvalue weighted by atomic mass is 9.98. The molecule has 0 N–H and O–H groups in total. The van der Waals surface area contributed by atoms with E-state index < -0.39 is 5.92 Å². The second kappa shape index (κ2) is 5.42. The molecule has 0 fully saturated rings. The number of nitrogens with zero attached hydrogens (tertiary/aromatic N) is 2. The summed E-state index contributed by atoms with van der Waals surface area (Å²) in [5.74, 6) is -0.546. The van der Waals surface area contributed by atoms with E-state index in [2.05, 4.69) is 15.9 Å². The van der Waals surface area contributed by atoms with Crippen LogP contribution in [0.25, 0.3) is 0 Å². The van der Waals surface area contributed by atoms with Crippen molar-refractivity contribution >= 4 is 15.9 Å². The van der Waals surface area contributed by atoms with E-state index >= 15 is 0 Å². The van der Waals surface area contributed by atoms with Gasteiger partial charge in [0, 0.05) is 11.8 Å². The van der Waals surface area contributed by atoms with Crippen LogP contribution in [0.3, 0.4) is 0 Å². The molecule has 1 aromatic carbocycles. The second-order valence-corrected chi connectivity index (χ2v) is 3.48. The Morgan fingerprint density at radius 3 is 2.21 bits per heavy atom. The number of benzene rings is 1. The third kappa shape index (κ3) is 2.58. The van der Waals surface area contributed by atoms with Crippen LogP contribution in [-0.2, 0) is 11.8 Å². The van der Waals surface area contributed by atoms with Crippen LogP contribution in [0.1, 0.15) is 11.1 Å². The van der Waals surface area contributed by atoms with Gasteiger partial charge in [-0.15, -0.1) is 0 Å². The van der Waals surface area contributed by atoms with E-state index in [9.17, 15) is 0 Å². The van der Waals surface area contributed by atoms with Crippen molar-refractivity contribution in [2.75, 3.05) is 0 Å². The zero-order valence-electron chi connectivity index (χ0n) is 7.57. The summed E-state index contributed by atoms with van der Waals surface area (Å²) in [6, 6.07) is 11.8. The van der Waals surface area contributed by atoms with Crippen LogP contribution in [0.2, 0.25) is 0 Å². The molecule has 3 heteroatoms. The van der Waals surface area contributed by atoms with Gasteiger partial charge in [0.05, 0.1) is 12.1 Å². The van der Waals surface area contributed by atoms with E-state index in [-0.39, 0.29) is 0 Å². The Hall–Kier alpha value is -1.32. The molecule has 0 atom stereocenters. The maximum absolute atomic E-state index is 8.67. The summed E-state index contributed by atoms with van der Waals surface area (Å²) < 4.78 is 0. The predicted molar refractivity (Wildman–Crippen MR) is 57.5 cm³/mol. The average molecular weight is 249 g/mol. The molecule has 0 amide bonds. The first kappa shape index (κ1) is 10.8. The van der Waals surface area contributed by atoms with Crippen molar-refractivity contribution in [3.8, 4) is 12.1 Å². The third-order valence-corrected chi connectivity index (χ3v) is 2.60. The van der Waals surface area contributed by atoms with Crippen molar-refractivity contribution < 1.29 is 0 Å². The third-order valence-electron chi connectivity index (χ3n) is 2.00. The number of alkyl halides is 1. The SMILES string of the molecule is N#CC(C#N)Cc1ccccc1CBr. The second-order valence-electron chi connectivity index (χ2n) is 2.92. The molecule has 0 bridgehead atoms. The maximum Gasteiger partial charge on any atom is 0.137 e. The van der Waals surface area contributed by atoms with Gasteiger partial charge in [0.2, 0.25) is 0 Å². The molecule has 0 heterocycles. The quantitative estimate of drug-likeness (QED) is 0.773. The average Bonchev–Trinajstić information content (AvgIpc) is 2.26. The molecular weight excluding hydrogens is 240 g/mol. The molecule has 14 heavy (non-hydrogen) atoms.